The molecule has 5 heterocycles. The second-order valence-electron chi connectivity index (χ2n) is 6.82. The van der Waals surface area contributed by atoms with E-state index in [2.05, 4.69) is 19.4 Å². The first-order valence-electron chi connectivity index (χ1n) is 8.28. The Morgan fingerprint density at radius 2 is 1.95 bits per heavy atom. The molecule has 0 aliphatic carbocycles. The fourth-order valence-electron chi connectivity index (χ4n) is 4.54. The summed E-state index contributed by atoms with van der Waals surface area (Å²) in [5.74, 6) is 0.882. The number of aromatic nitrogens is 2. The van der Waals surface area contributed by atoms with Crippen LogP contribution in [0.4, 0.5) is 0 Å². The van der Waals surface area contributed by atoms with Gasteiger partial charge < -0.3 is 14.4 Å². The van der Waals surface area contributed by atoms with Crippen LogP contribution in [0.25, 0.3) is 11.0 Å². The Balaban J connectivity index is 1.56. The van der Waals surface area contributed by atoms with E-state index in [1.54, 1.807) is 0 Å². The van der Waals surface area contributed by atoms with Crippen LogP contribution in [-0.4, -0.2) is 57.5 Å². The Bertz CT molecular complexity index is 744. The third-order valence-electron chi connectivity index (χ3n) is 5.73. The average Bonchev–Trinajstić information content (AvgIpc) is 2.93. The molecule has 22 heavy (non-hydrogen) atoms. The minimum absolute atomic E-state index is 0.198. The van der Waals surface area contributed by atoms with Gasteiger partial charge in [-0.1, -0.05) is 6.07 Å². The van der Waals surface area contributed by atoms with Crippen molar-refractivity contribution in [1.29, 1.82) is 0 Å². The molecule has 1 aromatic heterocycles. The fraction of sp³-hybridized carbons (Fsp3) is 0.529. The van der Waals surface area contributed by atoms with Gasteiger partial charge in [-0.25, -0.2) is 4.98 Å². The lowest BCUT2D eigenvalue weighted by atomic mass is 9.83. The van der Waals surface area contributed by atoms with Crippen LogP contribution in [0.5, 0.6) is 0 Å². The number of carbonyl (C=O) groups excluding carboxylic acids is 1. The molecule has 1 amide bonds. The Labute approximate surface area is 129 Å². The molecule has 1 aromatic carbocycles. The molecule has 0 N–H and O–H groups in total. The number of para-hydroxylation sites is 1. The molecule has 0 saturated carbocycles. The molecule has 4 aliphatic heterocycles. The number of fused-ring (bicyclic) bond motifs is 3. The third-order valence-corrected chi connectivity index (χ3v) is 5.73. The molecular weight excluding hydrogens is 276 g/mol. The predicted molar refractivity (Wildman–Crippen MR) is 83.7 cm³/mol. The van der Waals surface area contributed by atoms with Crippen molar-refractivity contribution in [2.45, 2.75) is 25.4 Å². The highest BCUT2D eigenvalue weighted by Crippen LogP contribution is 2.33. The van der Waals surface area contributed by atoms with Crippen molar-refractivity contribution in [3.63, 3.8) is 0 Å². The van der Waals surface area contributed by atoms with Gasteiger partial charge in [-0.05, 0) is 44.0 Å². The van der Waals surface area contributed by atoms with Gasteiger partial charge in [-0.2, -0.15) is 0 Å². The number of amides is 1. The van der Waals surface area contributed by atoms with Gasteiger partial charge in [0.2, 0.25) is 0 Å². The molecular formula is C17H20N4O. The molecule has 4 aliphatic rings. The van der Waals surface area contributed by atoms with E-state index in [0.717, 1.165) is 36.2 Å². The van der Waals surface area contributed by atoms with Crippen LogP contribution in [-0.2, 0) is 6.54 Å². The van der Waals surface area contributed by atoms with Crippen LogP contribution in [0.2, 0.25) is 0 Å². The molecule has 2 aromatic rings. The molecule has 3 fully saturated rings. The first kappa shape index (κ1) is 12.6. The third kappa shape index (κ3) is 1.69. The van der Waals surface area contributed by atoms with Crippen molar-refractivity contribution in [3.05, 3.63) is 30.1 Å². The summed E-state index contributed by atoms with van der Waals surface area (Å²) in [5.41, 5.74) is 2.77. The van der Waals surface area contributed by atoms with Gasteiger partial charge in [-0.3, -0.25) is 4.79 Å². The van der Waals surface area contributed by atoms with E-state index in [1.807, 2.05) is 24.5 Å². The Morgan fingerprint density at radius 1 is 1.09 bits per heavy atom. The van der Waals surface area contributed by atoms with Gasteiger partial charge in [0.1, 0.15) is 0 Å². The predicted octanol–water partition coefficient (Wildman–Crippen LogP) is 1.59. The molecule has 5 heteroatoms. The van der Waals surface area contributed by atoms with E-state index in [0.29, 0.717) is 12.0 Å². The Morgan fingerprint density at radius 3 is 2.73 bits per heavy atom. The fourth-order valence-corrected chi connectivity index (χ4v) is 4.54. The number of piperidine rings is 3. The van der Waals surface area contributed by atoms with Gasteiger partial charge >= 0.3 is 0 Å². The lowest BCUT2D eigenvalue weighted by Crippen LogP contribution is -2.58. The number of hydrogen-bond donors (Lipinski definition) is 0. The maximum atomic E-state index is 13.2. The number of nitrogens with zero attached hydrogens (tertiary/aromatic N) is 4. The highest BCUT2D eigenvalue weighted by Gasteiger charge is 2.40. The van der Waals surface area contributed by atoms with E-state index < -0.39 is 0 Å². The summed E-state index contributed by atoms with van der Waals surface area (Å²) in [5, 5.41) is 0. The van der Waals surface area contributed by atoms with E-state index in [-0.39, 0.29) is 5.91 Å². The largest absolute Gasteiger partial charge is 0.332 e. The topological polar surface area (TPSA) is 41.4 Å². The van der Waals surface area contributed by atoms with Crippen molar-refractivity contribution in [2.75, 3.05) is 26.2 Å². The number of carbonyl (C=O) groups is 1. The summed E-state index contributed by atoms with van der Waals surface area (Å²) in [6, 6.07) is 6.30. The normalized spacial score (nSPS) is 30.8. The highest BCUT2D eigenvalue weighted by molar-refractivity contribution is 6.05. The maximum Gasteiger partial charge on any atom is 0.256 e. The molecule has 6 rings (SSSR count). The SMILES string of the molecule is O=C1c2cccc3ncn(c23)CCN1[C@@H]1CN2CCC1CC2. The molecule has 5 nitrogen and oxygen atoms in total. The molecule has 0 spiro atoms. The maximum absolute atomic E-state index is 13.2. The summed E-state index contributed by atoms with van der Waals surface area (Å²) in [6.45, 7) is 5.13. The standard InChI is InChI=1S/C17H20N4O/c22-17-13-2-1-3-14-16(13)20(11-18-14)8-9-21(17)15-10-19-6-4-12(15)5-7-19/h1-3,11-12,15H,4-10H2/t15-/m1/s1. The summed E-state index contributed by atoms with van der Waals surface area (Å²) < 4.78 is 2.14. The zero-order valence-electron chi connectivity index (χ0n) is 12.6. The highest BCUT2D eigenvalue weighted by atomic mass is 16.2. The van der Waals surface area contributed by atoms with Crippen LogP contribution in [0.3, 0.4) is 0 Å². The van der Waals surface area contributed by atoms with E-state index in [1.165, 1.54) is 25.9 Å². The van der Waals surface area contributed by atoms with E-state index in [4.69, 9.17) is 0 Å². The lowest BCUT2D eigenvalue weighted by Gasteiger charge is -2.48. The molecule has 3 saturated heterocycles. The second-order valence-corrected chi connectivity index (χ2v) is 6.82. The smallest absolute Gasteiger partial charge is 0.256 e. The monoisotopic (exact) mass is 296 g/mol. The van der Waals surface area contributed by atoms with Crippen LogP contribution in [0.1, 0.15) is 23.2 Å². The van der Waals surface area contributed by atoms with Crippen LogP contribution in [0, 0.1) is 5.92 Å². The van der Waals surface area contributed by atoms with Gasteiger partial charge in [0.15, 0.2) is 0 Å². The summed E-state index contributed by atoms with van der Waals surface area (Å²) >= 11 is 0. The summed E-state index contributed by atoms with van der Waals surface area (Å²) in [7, 11) is 0. The van der Waals surface area contributed by atoms with Crippen LogP contribution >= 0.6 is 0 Å². The van der Waals surface area contributed by atoms with E-state index in [9.17, 15) is 4.79 Å². The van der Waals surface area contributed by atoms with Crippen molar-refractivity contribution >= 4 is 16.9 Å². The molecule has 0 unspecified atom stereocenters. The van der Waals surface area contributed by atoms with Gasteiger partial charge in [0, 0.05) is 25.7 Å². The second kappa shape index (κ2) is 4.56. The van der Waals surface area contributed by atoms with E-state index >= 15 is 0 Å². The summed E-state index contributed by atoms with van der Waals surface area (Å²) in [4.78, 5) is 22.3. The van der Waals surface area contributed by atoms with Crippen molar-refractivity contribution < 1.29 is 4.79 Å². The zero-order chi connectivity index (χ0) is 14.7. The number of imidazole rings is 1. The van der Waals surface area contributed by atoms with Crippen LogP contribution < -0.4 is 0 Å². The van der Waals surface area contributed by atoms with Gasteiger partial charge in [0.05, 0.1) is 22.9 Å². The number of hydrogen-bond acceptors (Lipinski definition) is 3. The molecule has 0 radical (unpaired) electrons. The minimum Gasteiger partial charge on any atom is -0.332 e. The van der Waals surface area contributed by atoms with Crippen molar-refractivity contribution in [3.8, 4) is 0 Å². The van der Waals surface area contributed by atoms with Gasteiger partial charge in [0.25, 0.3) is 5.91 Å². The minimum atomic E-state index is 0.198. The molecule has 2 bridgehead atoms. The lowest BCUT2D eigenvalue weighted by molar-refractivity contribution is 0.00725. The summed E-state index contributed by atoms with van der Waals surface area (Å²) in [6.07, 6.45) is 4.36. The Hall–Kier alpha value is -1.88. The molecule has 1 atom stereocenters. The average molecular weight is 296 g/mol. The first-order chi connectivity index (χ1) is 10.8. The number of rotatable bonds is 1. The zero-order valence-corrected chi connectivity index (χ0v) is 12.6. The van der Waals surface area contributed by atoms with Crippen LogP contribution in [0.15, 0.2) is 24.5 Å². The number of benzene rings is 1. The quantitative estimate of drug-likeness (QED) is 0.802. The Kier molecular flexibility index (Phi) is 2.62. The first-order valence-corrected chi connectivity index (χ1v) is 8.28. The molecule has 114 valence electrons. The van der Waals surface area contributed by atoms with Crippen molar-refractivity contribution in [2.24, 2.45) is 5.92 Å². The van der Waals surface area contributed by atoms with Gasteiger partial charge in [-0.15, -0.1) is 0 Å². The van der Waals surface area contributed by atoms with Crippen molar-refractivity contribution in [1.82, 2.24) is 19.4 Å².